The van der Waals surface area contributed by atoms with Crippen LogP contribution in [0.3, 0.4) is 0 Å². The molecule has 7 heteroatoms. The van der Waals surface area contributed by atoms with Gasteiger partial charge in [-0.1, -0.05) is 49.4 Å². The Labute approximate surface area is 227 Å². The number of nitrogens with one attached hydrogen (secondary N) is 1. The number of amides is 2. The van der Waals surface area contributed by atoms with Crippen molar-refractivity contribution < 1.29 is 19.1 Å². The van der Waals surface area contributed by atoms with Crippen LogP contribution in [0, 0.1) is 3.57 Å². The van der Waals surface area contributed by atoms with Gasteiger partial charge in [0.15, 0.2) is 6.61 Å². The number of rotatable bonds is 12. The summed E-state index contributed by atoms with van der Waals surface area (Å²) in [4.78, 5) is 28.8. The number of carbonyl (C=O) groups excluding carboxylic acids is 2. The lowest BCUT2D eigenvalue weighted by Crippen LogP contribution is -2.53. The molecular formula is C29H33IN2O4. The first kappa shape index (κ1) is 27.5. The van der Waals surface area contributed by atoms with Crippen molar-refractivity contribution in [2.75, 3.05) is 13.7 Å². The number of hydrogen-bond acceptors (Lipinski definition) is 4. The molecule has 0 saturated heterocycles. The number of ether oxygens (including phenoxy) is 2. The van der Waals surface area contributed by atoms with Crippen LogP contribution in [0.25, 0.3) is 0 Å². The molecule has 190 valence electrons. The minimum atomic E-state index is -0.708. The molecule has 0 bridgehead atoms. The third-order valence-corrected chi connectivity index (χ3v) is 6.65. The second kappa shape index (κ2) is 13.9. The molecule has 0 radical (unpaired) electrons. The lowest BCUT2D eigenvalue weighted by atomic mass is 10.0. The summed E-state index contributed by atoms with van der Waals surface area (Å²) in [5.41, 5.74) is 1.84. The first-order valence-corrected chi connectivity index (χ1v) is 13.1. The zero-order valence-corrected chi connectivity index (χ0v) is 23.1. The SMILES string of the molecule is CC[C@H](C)NC(=O)[C@@H](Cc1ccccc1)N(Cc1cccc(OC)c1)C(=O)COc1ccc(I)cc1. The van der Waals surface area contributed by atoms with E-state index in [1.54, 1.807) is 12.0 Å². The zero-order valence-electron chi connectivity index (χ0n) is 20.9. The Balaban J connectivity index is 1.92. The molecule has 1 N–H and O–H groups in total. The Hall–Kier alpha value is -3.07. The Morgan fingerprint density at radius 1 is 0.944 bits per heavy atom. The lowest BCUT2D eigenvalue weighted by molar-refractivity contribution is -0.143. The molecule has 3 aromatic rings. The van der Waals surface area contributed by atoms with Crippen molar-refractivity contribution in [3.8, 4) is 11.5 Å². The highest BCUT2D eigenvalue weighted by Crippen LogP contribution is 2.20. The predicted octanol–water partition coefficient (Wildman–Crippen LogP) is 5.23. The quantitative estimate of drug-likeness (QED) is 0.289. The van der Waals surface area contributed by atoms with Crippen molar-refractivity contribution in [3.05, 3.63) is 93.6 Å². The van der Waals surface area contributed by atoms with Gasteiger partial charge in [-0.25, -0.2) is 0 Å². The fourth-order valence-electron chi connectivity index (χ4n) is 3.72. The Kier molecular flexibility index (Phi) is 10.6. The topological polar surface area (TPSA) is 67.9 Å². The summed E-state index contributed by atoms with van der Waals surface area (Å²) >= 11 is 2.22. The van der Waals surface area contributed by atoms with Gasteiger partial charge in [0.1, 0.15) is 17.5 Å². The molecule has 0 aliphatic carbocycles. The van der Waals surface area contributed by atoms with Gasteiger partial charge in [-0.15, -0.1) is 0 Å². The Morgan fingerprint density at radius 3 is 2.31 bits per heavy atom. The number of halogens is 1. The van der Waals surface area contributed by atoms with E-state index in [9.17, 15) is 9.59 Å². The Morgan fingerprint density at radius 2 is 1.64 bits per heavy atom. The smallest absolute Gasteiger partial charge is 0.261 e. The highest BCUT2D eigenvalue weighted by Gasteiger charge is 2.31. The predicted molar refractivity (Wildman–Crippen MR) is 150 cm³/mol. The number of benzene rings is 3. The normalized spacial score (nSPS) is 12.3. The number of nitrogens with zero attached hydrogens (tertiary/aromatic N) is 1. The molecule has 0 heterocycles. The third kappa shape index (κ3) is 8.26. The zero-order chi connectivity index (χ0) is 25.9. The van der Waals surface area contributed by atoms with Crippen molar-refractivity contribution in [2.45, 2.75) is 45.3 Å². The van der Waals surface area contributed by atoms with Gasteiger partial charge in [0.2, 0.25) is 5.91 Å². The van der Waals surface area contributed by atoms with E-state index in [0.717, 1.165) is 21.1 Å². The molecule has 3 rings (SSSR count). The molecule has 0 saturated carbocycles. The summed E-state index contributed by atoms with van der Waals surface area (Å²) < 4.78 is 12.3. The van der Waals surface area contributed by atoms with Gasteiger partial charge in [-0.2, -0.15) is 0 Å². The fraction of sp³-hybridized carbons (Fsp3) is 0.310. The van der Waals surface area contributed by atoms with Gasteiger partial charge < -0.3 is 19.7 Å². The maximum atomic E-state index is 13.6. The van der Waals surface area contributed by atoms with E-state index in [1.807, 2.05) is 92.7 Å². The van der Waals surface area contributed by atoms with E-state index in [0.29, 0.717) is 17.9 Å². The molecule has 6 nitrogen and oxygen atoms in total. The Bertz CT molecular complexity index is 1120. The van der Waals surface area contributed by atoms with Crippen LogP contribution in [0.1, 0.15) is 31.4 Å². The van der Waals surface area contributed by atoms with Crippen LogP contribution >= 0.6 is 22.6 Å². The van der Waals surface area contributed by atoms with E-state index in [2.05, 4.69) is 27.9 Å². The summed E-state index contributed by atoms with van der Waals surface area (Å²) in [5.74, 6) is 0.850. The van der Waals surface area contributed by atoms with Crippen LogP contribution in [0.2, 0.25) is 0 Å². The molecule has 2 atom stereocenters. The van der Waals surface area contributed by atoms with Crippen molar-refractivity contribution >= 4 is 34.4 Å². The van der Waals surface area contributed by atoms with Gasteiger partial charge in [0.25, 0.3) is 5.91 Å². The van der Waals surface area contributed by atoms with E-state index in [1.165, 1.54) is 0 Å². The van der Waals surface area contributed by atoms with Crippen LogP contribution < -0.4 is 14.8 Å². The van der Waals surface area contributed by atoms with Gasteiger partial charge >= 0.3 is 0 Å². The minimum absolute atomic E-state index is 0.00686. The fourth-order valence-corrected chi connectivity index (χ4v) is 4.08. The summed E-state index contributed by atoms with van der Waals surface area (Å²) in [6, 6.07) is 24.1. The monoisotopic (exact) mass is 600 g/mol. The van der Waals surface area contributed by atoms with Crippen LogP contribution in [0.15, 0.2) is 78.9 Å². The maximum absolute atomic E-state index is 13.6. The summed E-state index contributed by atoms with van der Waals surface area (Å²) in [5, 5.41) is 3.07. The third-order valence-electron chi connectivity index (χ3n) is 5.94. The number of carbonyl (C=O) groups is 2. The van der Waals surface area contributed by atoms with Crippen LogP contribution in [0.5, 0.6) is 11.5 Å². The second-order valence-electron chi connectivity index (χ2n) is 8.64. The van der Waals surface area contributed by atoms with E-state index >= 15 is 0 Å². The van der Waals surface area contributed by atoms with Crippen LogP contribution in [0.4, 0.5) is 0 Å². The average molecular weight is 600 g/mol. The van der Waals surface area contributed by atoms with E-state index < -0.39 is 6.04 Å². The molecule has 0 fully saturated rings. The summed E-state index contributed by atoms with van der Waals surface area (Å²) in [6.07, 6.45) is 1.19. The van der Waals surface area contributed by atoms with Crippen molar-refractivity contribution in [1.82, 2.24) is 10.2 Å². The van der Waals surface area contributed by atoms with Crippen molar-refractivity contribution in [2.24, 2.45) is 0 Å². The van der Waals surface area contributed by atoms with Crippen LogP contribution in [-0.2, 0) is 22.6 Å². The second-order valence-corrected chi connectivity index (χ2v) is 9.88. The molecule has 36 heavy (non-hydrogen) atoms. The first-order valence-electron chi connectivity index (χ1n) is 12.0. The lowest BCUT2D eigenvalue weighted by Gasteiger charge is -2.32. The maximum Gasteiger partial charge on any atom is 0.261 e. The van der Waals surface area contributed by atoms with Gasteiger partial charge in [-0.3, -0.25) is 9.59 Å². The highest BCUT2D eigenvalue weighted by atomic mass is 127. The molecular weight excluding hydrogens is 567 g/mol. The molecule has 0 aliphatic rings. The molecule has 2 amide bonds. The van der Waals surface area contributed by atoms with E-state index in [4.69, 9.17) is 9.47 Å². The minimum Gasteiger partial charge on any atom is -0.497 e. The molecule has 0 spiro atoms. The highest BCUT2D eigenvalue weighted by molar-refractivity contribution is 14.1. The average Bonchev–Trinajstić information content (AvgIpc) is 2.90. The first-order chi connectivity index (χ1) is 17.4. The summed E-state index contributed by atoms with van der Waals surface area (Å²) in [7, 11) is 1.61. The number of hydrogen-bond donors (Lipinski definition) is 1. The van der Waals surface area contributed by atoms with Gasteiger partial charge in [0.05, 0.1) is 7.11 Å². The standard InChI is InChI=1S/C29H33IN2O4/c1-4-21(2)31-29(34)27(18-22-9-6-5-7-10-22)32(19-23-11-8-12-26(17-23)35-3)28(33)20-36-25-15-13-24(30)14-16-25/h5-17,21,27H,4,18-20H2,1-3H3,(H,31,34)/t21-,27+/m0/s1. The molecule has 0 aliphatic heterocycles. The molecule has 0 unspecified atom stereocenters. The van der Waals surface area contributed by atoms with Gasteiger partial charge in [0, 0.05) is 22.6 Å². The van der Waals surface area contributed by atoms with Crippen LogP contribution in [-0.4, -0.2) is 42.5 Å². The van der Waals surface area contributed by atoms with Gasteiger partial charge in [-0.05, 0) is 83.5 Å². The van der Waals surface area contributed by atoms with Crippen molar-refractivity contribution in [1.29, 1.82) is 0 Å². The molecule has 0 aromatic heterocycles. The van der Waals surface area contributed by atoms with Crippen molar-refractivity contribution in [3.63, 3.8) is 0 Å². The largest absolute Gasteiger partial charge is 0.497 e. The van der Waals surface area contributed by atoms with E-state index in [-0.39, 0.29) is 31.0 Å². The number of methoxy groups -OCH3 is 1. The summed E-state index contributed by atoms with van der Waals surface area (Å²) in [6.45, 7) is 4.06. The molecule has 3 aromatic carbocycles.